The molecule has 4 heteroatoms. The molecule has 0 unspecified atom stereocenters. The van der Waals surface area contributed by atoms with Crippen molar-refractivity contribution >= 4 is 0 Å². The lowest BCUT2D eigenvalue weighted by Crippen LogP contribution is -2.22. The highest BCUT2D eigenvalue weighted by Gasteiger charge is 2.02. The van der Waals surface area contributed by atoms with Gasteiger partial charge in [0.1, 0.15) is 0 Å². The second-order valence-electron chi connectivity index (χ2n) is 3.98. The molecule has 0 aliphatic heterocycles. The molecule has 16 heavy (non-hydrogen) atoms. The Morgan fingerprint density at radius 2 is 2.00 bits per heavy atom. The molecule has 4 nitrogen and oxygen atoms in total. The highest BCUT2D eigenvalue weighted by atomic mass is 15.3. The van der Waals surface area contributed by atoms with E-state index in [1.165, 1.54) is 12.1 Å². The molecule has 1 heterocycles. The second kappa shape index (κ2) is 7.41. The molecule has 0 atom stereocenters. The third-order valence-electron chi connectivity index (χ3n) is 2.55. The molecular formula is C12H24N4. The lowest BCUT2D eigenvalue weighted by molar-refractivity contribution is 0.561. The van der Waals surface area contributed by atoms with Crippen LogP contribution in [0.2, 0.25) is 0 Å². The van der Waals surface area contributed by atoms with Gasteiger partial charge in [-0.1, -0.05) is 6.92 Å². The Bertz CT molecular complexity index is 293. The van der Waals surface area contributed by atoms with Crippen molar-refractivity contribution in [2.45, 2.75) is 40.3 Å². The van der Waals surface area contributed by atoms with Gasteiger partial charge in [0.25, 0.3) is 0 Å². The monoisotopic (exact) mass is 224 g/mol. The zero-order chi connectivity index (χ0) is 11.8. The summed E-state index contributed by atoms with van der Waals surface area (Å²) in [6, 6.07) is 2.15. The standard InChI is InChI=1S/C12H24N4/c1-4-13-7-6-8-14-10-12-9-11(3)15-16(12)5-2/h9,13-14H,4-8,10H2,1-3H3. The molecule has 0 aromatic carbocycles. The molecule has 0 aliphatic carbocycles. The number of rotatable bonds is 8. The molecule has 0 saturated carbocycles. The van der Waals surface area contributed by atoms with Gasteiger partial charge in [0.2, 0.25) is 0 Å². The first-order valence-electron chi connectivity index (χ1n) is 6.22. The number of aryl methyl sites for hydroxylation is 2. The fourth-order valence-electron chi connectivity index (χ4n) is 1.75. The third-order valence-corrected chi connectivity index (χ3v) is 2.55. The van der Waals surface area contributed by atoms with Gasteiger partial charge in [-0.2, -0.15) is 5.10 Å². The van der Waals surface area contributed by atoms with E-state index in [0.717, 1.165) is 38.4 Å². The summed E-state index contributed by atoms with van der Waals surface area (Å²) in [5.41, 5.74) is 2.38. The van der Waals surface area contributed by atoms with E-state index in [4.69, 9.17) is 0 Å². The Morgan fingerprint density at radius 3 is 2.69 bits per heavy atom. The quantitative estimate of drug-likeness (QED) is 0.654. The minimum atomic E-state index is 0.917. The molecule has 0 amide bonds. The maximum Gasteiger partial charge on any atom is 0.0597 e. The van der Waals surface area contributed by atoms with Gasteiger partial charge in [-0.15, -0.1) is 0 Å². The van der Waals surface area contributed by atoms with Gasteiger partial charge in [0.15, 0.2) is 0 Å². The highest BCUT2D eigenvalue weighted by molar-refractivity contribution is 5.08. The van der Waals surface area contributed by atoms with E-state index in [0.29, 0.717) is 0 Å². The lowest BCUT2D eigenvalue weighted by atomic mass is 10.3. The average Bonchev–Trinajstić information content (AvgIpc) is 2.64. The summed E-state index contributed by atoms with van der Waals surface area (Å²) in [7, 11) is 0. The van der Waals surface area contributed by atoms with Crippen molar-refractivity contribution < 1.29 is 0 Å². The predicted octanol–water partition coefficient (Wildman–Crippen LogP) is 1.30. The van der Waals surface area contributed by atoms with Crippen LogP contribution in [0.15, 0.2) is 6.07 Å². The molecule has 0 radical (unpaired) electrons. The van der Waals surface area contributed by atoms with Crippen LogP contribution in [0.25, 0.3) is 0 Å². The minimum absolute atomic E-state index is 0.917. The number of nitrogens with one attached hydrogen (secondary N) is 2. The van der Waals surface area contributed by atoms with Crippen LogP contribution >= 0.6 is 0 Å². The third kappa shape index (κ3) is 4.33. The summed E-state index contributed by atoms with van der Waals surface area (Å²) in [5, 5.41) is 11.2. The Balaban J connectivity index is 2.21. The summed E-state index contributed by atoms with van der Waals surface area (Å²) < 4.78 is 2.06. The Morgan fingerprint density at radius 1 is 1.25 bits per heavy atom. The van der Waals surface area contributed by atoms with E-state index in [-0.39, 0.29) is 0 Å². The average molecular weight is 224 g/mol. The fraction of sp³-hybridized carbons (Fsp3) is 0.750. The largest absolute Gasteiger partial charge is 0.317 e. The van der Waals surface area contributed by atoms with Gasteiger partial charge in [-0.25, -0.2) is 0 Å². The van der Waals surface area contributed by atoms with Crippen molar-refractivity contribution in [1.82, 2.24) is 20.4 Å². The molecule has 0 spiro atoms. The number of aromatic nitrogens is 2. The summed E-state index contributed by atoms with van der Waals surface area (Å²) in [6.45, 7) is 11.4. The zero-order valence-corrected chi connectivity index (χ0v) is 10.7. The van der Waals surface area contributed by atoms with E-state index >= 15 is 0 Å². The van der Waals surface area contributed by atoms with Crippen molar-refractivity contribution in [3.8, 4) is 0 Å². The normalized spacial score (nSPS) is 10.9. The van der Waals surface area contributed by atoms with Gasteiger partial charge in [0.05, 0.1) is 11.4 Å². The number of hydrogen-bond acceptors (Lipinski definition) is 3. The first-order valence-corrected chi connectivity index (χ1v) is 6.22. The molecule has 2 N–H and O–H groups in total. The van der Waals surface area contributed by atoms with Gasteiger partial charge < -0.3 is 10.6 Å². The Labute approximate surface area is 98.4 Å². The summed E-state index contributed by atoms with van der Waals surface area (Å²) in [6.07, 6.45) is 1.17. The molecule has 1 rings (SSSR count). The summed E-state index contributed by atoms with van der Waals surface area (Å²) in [4.78, 5) is 0. The van der Waals surface area contributed by atoms with Crippen molar-refractivity contribution in [3.05, 3.63) is 17.5 Å². The summed E-state index contributed by atoms with van der Waals surface area (Å²) >= 11 is 0. The summed E-state index contributed by atoms with van der Waals surface area (Å²) in [5.74, 6) is 0. The molecule has 92 valence electrons. The van der Waals surface area contributed by atoms with Gasteiger partial charge in [-0.3, -0.25) is 4.68 Å². The van der Waals surface area contributed by atoms with Crippen LogP contribution < -0.4 is 10.6 Å². The highest BCUT2D eigenvalue weighted by Crippen LogP contribution is 2.02. The van der Waals surface area contributed by atoms with Crippen LogP contribution in [0.4, 0.5) is 0 Å². The smallest absolute Gasteiger partial charge is 0.0597 e. The van der Waals surface area contributed by atoms with E-state index in [2.05, 4.69) is 40.3 Å². The van der Waals surface area contributed by atoms with E-state index < -0.39 is 0 Å². The molecular weight excluding hydrogens is 200 g/mol. The van der Waals surface area contributed by atoms with E-state index in [1.807, 2.05) is 6.92 Å². The molecule has 1 aromatic rings. The molecule has 0 bridgehead atoms. The first kappa shape index (κ1) is 13.2. The Hall–Kier alpha value is -0.870. The maximum atomic E-state index is 4.42. The maximum absolute atomic E-state index is 4.42. The first-order chi connectivity index (χ1) is 7.77. The van der Waals surface area contributed by atoms with Gasteiger partial charge >= 0.3 is 0 Å². The molecule has 0 fully saturated rings. The topological polar surface area (TPSA) is 41.9 Å². The van der Waals surface area contributed by atoms with Crippen LogP contribution in [0.5, 0.6) is 0 Å². The van der Waals surface area contributed by atoms with Crippen molar-refractivity contribution in [2.75, 3.05) is 19.6 Å². The predicted molar refractivity (Wildman–Crippen MR) is 67.5 cm³/mol. The minimum Gasteiger partial charge on any atom is -0.317 e. The van der Waals surface area contributed by atoms with Crippen LogP contribution in [-0.2, 0) is 13.1 Å². The zero-order valence-electron chi connectivity index (χ0n) is 10.7. The Kier molecular flexibility index (Phi) is 6.11. The van der Waals surface area contributed by atoms with E-state index in [9.17, 15) is 0 Å². The van der Waals surface area contributed by atoms with Gasteiger partial charge in [-0.05, 0) is 46.0 Å². The SMILES string of the molecule is CCNCCCNCc1cc(C)nn1CC. The van der Waals surface area contributed by atoms with Gasteiger partial charge in [0, 0.05) is 13.1 Å². The van der Waals surface area contributed by atoms with Crippen LogP contribution in [0.3, 0.4) is 0 Å². The number of hydrogen-bond donors (Lipinski definition) is 2. The molecule has 0 saturated heterocycles. The van der Waals surface area contributed by atoms with Crippen molar-refractivity contribution in [2.24, 2.45) is 0 Å². The van der Waals surface area contributed by atoms with Crippen LogP contribution in [0.1, 0.15) is 31.7 Å². The van der Waals surface area contributed by atoms with Crippen LogP contribution in [-0.4, -0.2) is 29.4 Å². The second-order valence-corrected chi connectivity index (χ2v) is 3.98. The van der Waals surface area contributed by atoms with Crippen molar-refractivity contribution in [3.63, 3.8) is 0 Å². The molecule has 1 aromatic heterocycles. The molecule has 0 aliphatic rings. The van der Waals surface area contributed by atoms with Crippen molar-refractivity contribution in [1.29, 1.82) is 0 Å². The number of nitrogens with zero attached hydrogens (tertiary/aromatic N) is 2. The van der Waals surface area contributed by atoms with Crippen LogP contribution in [0, 0.1) is 6.92 Å². The fourth-order valence-corrected chi connectivity index (χ4v) is 1.75. The van der Waals surface area contributed by atoms with E-state index in [1.54, 1.807) is 0 Å². The lowest BCUT2D eigenvalue weighted by Gasteiger charge is -2.06.